The van der Waals surface area contributed by atoms with Crippen molar-refractivity contribution < 1.29 is 62.4 Å². The molecule has 2 bridgehead atoms. The molecule has 4 unspecified atom stereocenters. The van der Waals surface area contributed by atoms with Gasteiger partial charge in [-0.05, 0) is 83.8 Å². The third-order valence-electron chi connectivity index (χ3n) is 16.0. The zero-order valence-electron chi connectivity index (χ0n) is 41.1. The van der Waals surface area contributed by atoms with E-state index in [0.717, 1.165) is 12.0 Å². The van der Waals surface area contributed by atoms with Gasteiger partial charge in [0.25, 0.3) is 0 Å². The van der Waals surface area contributed by atoms with Crippen LogP contribution in [0.1, 0.15) is 101 Å². The molecule has 366 valence electrons. The number of aliphatic hydroxyl groups is 2. The molecule has 4 fully saturated rings. The maximum Gasteiger partial charge on any atom is 0.316 e. The maximum absolute atomic E-state index is 14.4. The third-order valence-corrected chi connectivity index (χ3v) is 16.0. The van der Waals surface area contributed by atoms with Gasteiger partial charge in [0.1, 0.15) is 35.9 Å². The van der Waals surface area contributed by atoms with Gasteiger partial charge in [0.05, 0.1) is 54.9 Å². The second-order valence-electron chi connectivity index (χ2n) is 20.5. The van der Waals surface area contributed by atoms with Gasteiger partial charge in [-0.2, -0.15) is 0 Å². The number of aliphatic hydroxyl groups excluding tert-OH is 1. The molecular formula is C51H79NO13. The van der Waals surface area contributed by atoms with E-state index in [4.69, 9.17) is 47.4 Å². The predicted octanol–water partition coefficient (Wildman–Crippen LogP) is 6.34. The van der Waals surface area contributed by atoms with Gasteiger partial charge < -0.3 is 57.6 Å². The highest BCUT2D eigenvalue weighted by Crippen LogP contribution is 2.47. The molecule has 4 saturated heterocycles. The van der Waals surface area contributed by atoms with Crippen molar-refractivity contribution in [1.82, 2.24) is 4.90 Å². The summed E-state index contributed by atoms with van der Waals surface area (Å²) in [5.74, 6) is -2.52. The lowest BCUT2D eigenvalue weighted by Crippen LogP contribution is -2.65. The number of hydrogen-bond donors (Lipinski definition) is 2. The number of fused-ring (bicyclic) bond motifs is 2. The van der Waals surface area contributed by atoms with E-state index in [1.165, 1.54) is 0 Å². The zero-order chi connectivity index (χ0) is 47.2. The lowest BCUT2D eigenvalue weighted by atomic mass is 9.71. The van der Waals surface area contributed by atoms with Crippen LogP contribution in [0.4, 0.5) is 0 Å². The Labute approximate surface area is 387 Å². The molecule has 0 radical (unpaired) electrons. The van der Waals surface area contributed by atoms with Gasteiger partial charge in [-0.15, -0.1) is 0 Å². The molecule has 6 aliphatic heterocycles. The summed E-state index contributed by atoms with van der Waals surface area (Å²) in [5, 5.41) is 23.8. The molecule has 0 amide bonds. The Hall–Kier alpha value is -2.31. The van der Waals surface area contributed by atoms with E-state index in [2.05, 4.69) is 65.5 Å². The normalized spacial score (nSPS) is 48.7. The minimum Gasteiger partial charge on any atom is -0.462 e. The van der Waals surface area contributed by atoms with E-state index in [0.29, 0.717) is 43.3 Å². The Morgan fingerprint density at radius 1 is 0.938 bits per heavy atom. The smallest absolute Gasteiger partial charge is 0.316 e. The maximum atomic E-state index is 14.4. The predicted molar refractivity (Wildman–Crippen MR) is 243 cm³/mol. The molecule has 20 atom stereocenters. The largest absolute Gasteiger partial charge is 0.462 e. The molecule has 0 aromatic heterocycles. The summed E-state index contributed by atoms with van der Waals surface area (Å²) >= 11 is 0. The van der Waals surface area contributed by atoms with Crippen molar-refractivity contribution in [2.45, 2.75) is 197 Å². The number of hydrogen-bond acceptors (Lipinski definition) is 14. The average Bonchev–Trinajstić information content (AvgIpc) is 3.61. The molecule has 65 heavy (non-hydrogen) atoms. The molecule has 1 spiro atoms. The number of likely N-dealkylation sites (N-methyl/N-ethyl adjacent to an activating group) is 1. The average molecular weight is 914 g/mol. The standard InChI is InChI=1S/C51H79NO13/c1-14-28(2)45-31(5)20-21-50(65-45)26-37-23-36(64-50)19-18-30(4)44(29(3)16-15-17-35-27-58-47-43(53)32(6)22-38(48(54)61-37)51(35,47)55)62-41-24-39(56-12)46(33(7)59-41)63-42-25-40(57-13)49(9,52(10)11)34(8)60-42/h15-18,20-22,28-29,31,33-34,36-47,53,55H,14,19,23-27H2,1-13H3/b16-15+,30-18+,35-17+/t28?,29?,31-,33-,34-,36+,37-,38-,39-,40-,41?,42?,43+,44-,45+,46-,47+,49-,50+,51+/m0/s1. The number of ether oxygens (including phenoxy) is 10. The lowest BCUT2D eigenvalue weighted by molar-refractivity contribution is -0.322. The van der Waals surface area contributed by atoms with Crippen molar-refractivity contribution >= 4 is 5.97 Å². The van der Waals surface area contributed by atoms with Crippen LogP contribution in [0.2, 0.25) is 0 Å². The minimum atomic E-state index is -1.83. The Morgan fingerprint density at radius 2 is 1.68 bits per heavy atom. The summed E-state index contributed by atoms with van der Waals surface area (Å²) in [6.45, 7) is 18.6. The topological polar surface area (TPSA) is 153 Å². The summed E-state index contributed by atoms with van der Waals surface area (Å²) in [7, 11) is 7.51. The highest BCUT2D eigenvalue weighted by atomic mass is 16.7. The molecule has 7 aliphatic rings. The van der Waals surface area contributed by atoms with E-state index in [1.807, 2.05) is 39.2 Å². The summed E-state index contributed by atoms with van der Waals surface area (Å²) in [4.78, 5) is 16.5. The van der Waals surface area contributed by atoms with Gasteiger partial charge in [0, 0.05) is 51.7 Å². The van der Waals surface area contributed by atoms with Gasteiger partial charge in [0.2, 0.25) is 0 Å². The van der Waals surface area contributed by atoms with E-state index in [1.54, 1.807) is 33.3 Å². The number of methoxy groups -OCH3 is 2. The van der Waals surface area contributed by atoms with Crippen molar-refractivity contribution in [3.8, 4) is 0 Å². The van der Waals surface area contributed by atoms with Crippen molar-refractivity contribution in [3.63, 3.8) is 0 Å². The van der Waals surface area contributed by atoms with Crippen LogP contribution in [-0.4, -0.2) is 153 Å². The van der Waals surface area contributed by atoms with Gasteiger partial charge in [-0.1, -0.05) is 70.6 Å². The number of allylic oxidation sites excluding steroid dienone is 2. The van der Waals surface area contributed by atoms with Crippen LogP contribution in [-0.2, 0) is 52.2 Å². The first kappa shape index (κ1) is 50.6. The Balaban J connectivity index is 1.17. The Morgan fingerprint density at radius 3 is 2.37 bits per heavy atom. The van der Waals surface area contributed by atoms with Crippen molar-refractivity contribution in [3.05, 3.63) is 59.3 Å². The highest BCUT2D eigenvalue weighted by Gasteiger charge is 2.60. The van der Waals surface area contributed by atoms with Crippen molar-refractivity contribution in [1.29, 1.82) is 0 Å². The van der Waals surface area contributed by atoms with Crippen molar-refractivity contribution in [2.24, 2.45) is 23.7 Å². The molecular weight excluding hydrogens is 835 g/mol. The number of rotatable bonds is 9. The quantitative estimate of drug-likeness (QED) is 0.196. The molecule has 0 aromatic rings. The Bertz CT molecular complexity index is 1830. The number of carbonyl (C=O) groups is 1. The lowest BCUT2D eigenvalue weighted by Gasteiger charge is -2.52. The van der Waals surface area contributed by atoms with Crippen LogP contribution in [0.3, 0.4) is 0 Å². The van der Waals surface area contributed by atoms with Crippen LogP contribution < -0.4 is 0 Å². The van der Waals surface area contributed by atoms with Gasteiger partial charge in [-0.3, -0.25) is 9.69 Å². The fourth-order valence-electron chi connectivity index (χ4n) is 11.4. The molecule has 6 heterocycles. The first-order valence-corrected chi connectivity index (χ1v) is 24.1. The number of nitrogens with zero attached hydrogens (tertiary/aromatic N) is 1. The fraction of sp³-hybridized carbons (Fsp3) is 0.784. The monoisotopic (exact) mass is 914 g/mol. The van der Waals surface area contributed by atoms with Gasteiger partial charge >= 0.3 is 5.97 Å². The summed E-state index contributed by atoms with van der Waals surface area (Å²) < 4.78 is 65.2. The second-order valence-corrected chi connectivity index (χ2v) is 20.5. The van der Waals surface area contributed by atoms with E-state index in [9.17, 15) is 15.0 Å². The van der Waals surface area contributed by atoms with E-state index in [-0.39, 0.29) is 60.4 Å². The summed E-state index contributed by atoms with van der Waals surface area (Å²) in [6.07, 6.45) is 10.6. The van der Waals surface area contributed by atoms with Crippen LogP contribution in [0.15, 0.2) is 59.3 Å². The van der Waals surface area contributed by atoms with Gasteiger partial charge in [0.15, 0.2) is 18.4 Å². The summed E-state index contributed by atoms with van der Waals surface area (Å²) in [6, 6.07) is 0. The first-order chi connectivity index (χ1) is 30.8. The van der Waals surface area contributed by atoms with Crippen LogP contribution in [0.25, 0.3) is 0 Å². The van der Waals surface area contributed by atoms with Crippen LogP contribution >= 0.6 is 0 Å². The molecule has 1 aliphatic carbocycles. The molecule has 2 N–H and O–H groups in total. The third kappa shape index (κ3) is 9.94. The molecule has 7 rings (SSSR count). The van der Waals surface area contributed by atoms with Crippen molar-refractivity contribution in [2.75, 3.05) is 34.9 Å². The molecule has 0 saturated carbocycles. The second kappa shape index (κ2) is 20.3. The fourth-order valence-corrected chi connectivity index (χ4v) is 11.4. The molecule has 14 nitrogen and oxygen atoms in total. The van der Waals surface area contributed by atoms with E-state index < -0.39 is 72.5 Å². The highest BCUT2D eigenvalue weighted by molar-refractivity contribution is 5.78. The van der Waals surface area contributed by atoms with E-state index >= 15 is 0 Å². The van der Waals surface area contributed by atoms with Crippen LogP contribution in [0.5, 0.6) is 0 Å². The molecule has 0 aromatic carbocycles. The minimum absolute atomic E-state index is 0.0400. The SMILES string of the molecule is CCC(C)[C@H]1O[C@]2(C=C[C@@H]1C)C[C@@H]1C[C@@H](C/C=C(\C)[C@@H](OC3C[C@H](OC)[C@@H](OC4C[C@H](OC)[C@@](C)(N(C)C)[C@H](C)O4)[C@H](C)O3)C(C)/C=C/C=C3\CO[C@@H]4[C@H](O)C(C)=C[C@@H](C(=O)O1)[C@]34O)O2. The Kier molecular flexibility index (Phi) is 15.8. The van der Waals surface area contributed by atoms with Gasteiger partial charge in [-0.25, -0.2) is 0 Å². The number of esters is 1. The number of carbonyl (C=O) groups excluding carboxylic acids is 1. The molecule has 14 heteroatoms. The first-order valence-electron chi connectivity index (χ1n) is 24.1. The summed E-state index contributed by atoms with van der Waals surface area (Å²) in [5.41, 5.74) is -0.157. The zero-order valence-corrected chi connectivity index (χ0v) is 41.1. The van der Waals surface area contributed by atoms with Crippen LogP contribution in [0, 0.1) is 23.7 Å².